The van der Waals surface area contributed by atoms with Crippen LogP contribution in [-0.2, 0) is 4.79 Å². The molecule has 0 spiro atoms. The van der Waals surface area contributed by atoms with Crippen molar-refractivity contribution >= 4 is 5.97 Å². The molecule has 2 unspecified atom stereocenters. The molecule has 1 aliphatic rings. The fraction of sp³-hybridized carbons (Fsp3) is 0.917. The van der Waals surface area contributed by atoms with Crippen LogP contribution in [0, 0.1) is 0 Å². The quantitative estimate of drug-likeness (QED) is 0.738. The van der Waals surface area contributed by atoms with Gasteiger partial charge < -0.3 is 14.9 Å². The van der Waals surface area contributed by atoms with Crippen LogP contribution < -0.4 is 0 Å². The summed E-state index contributed by atoms with van der Waals surface area (Å²) in [5, 5.41) is 8.98. The highest BCUT2D eigenvalue weighted by atomic mass is 16.4. The molecule has 1 N–H and O–H groups in total. The summed E-state index contributed by atoms with van der Waals surface area (Å²) in [4.78, 5) is 17.6. The lowest BCUT2D eigenvalue weighted by Crippen LogP contribution is -2.58. The molecule has 0 aromatic carbocycles. The number of carboxylic acids is 1. The van der Waals surface area contributed by atoms with Crippen molar-refractivity contribution in [3.8, 4) is 0 Å². The maximum atomic E-state index is 10.9. The highest BCUT2D eigenvalue weighted by molar-refractivity contribution is 5.67. The van der Waals surface area contributed by atoms with E-state index in [2.05, 4.69) is 28.7 Å². The first-order valence-corrected chi connectivity index (χ1v) is 6.21. The van der Waals surface area contributed by atoms with E-state index in [0.717, 1.165) is 26.2 Å². The first-order valence-electron chi connectivity index (χ1n) is 6.21. The summed E-state index contributed by atoms with van der Waals surface area (Å²) >= 11 is 0. The van der Waals surface area contributed by atoms with Crippen molar-refractivity contribution in [2.45, 2.75) is 25.4 Å². The maximum absolute atomic E-state index is 10.9. The van der Waals surface area contributed by atoms with Gasteiger partial charge in [-0.2, -0.15) is 0 Å². The molecule has 1 rings (SSSR count). The standard InChI is InChI=1S/C12H25N3O2/c1-10-8-14(4)9-11(7-12(16)17)15(10)6-5-13(2)3/h10-11H,5-9H2,1-4H3,(H,16,17). The van der Waals surface area contributed by atoms with Crippen LogP contribution in [0.4, 0.5) is 0 Å². The fourth-order valence-corrected chi connectivity index (χ4v) is 2.56. The zero-order valence-corrected chi connectivity index (χ0v) is 11.4. The summed E-state index contributed by atoms with van der Waals surface area (Å²) in [6.07, 6.45) is 0.238. The molecule has 1 aliphatic heterocycles. The van der Waals surface area contributed by atoms with Crippen LogP contribution in [-0.4, -0.2) is 85.2 Å². The summed E-state index contributed by atoms with van der Waals surface area (Å²) in [7, 11) is 6.16. The van der Waals surface area contributed by atoms with Crippen molar-refractivity contribution in [1.82, 2.24) is 14.7 Å². The van der Waals surface area contributed by atoms with Crippen LogP contribution in [0.25, 0.3) is 0 Å². The molecule has 17 heavy (non-hydrogen) atoms. The summed E-state index contributed by atoms with van der Waals surface area (Å²) in [5.74, 6) is -0.702. The van der Waals surface area contributed by atoms with Gasteiger partial charge >= 0.3 is 5.97 Å². The van der Waals surface area contributed by atoms with Crippen LogP contribution in [0.1, 0.15) is 13.3 Å². The van der Waals surface area contributed by atoms with Gasteiger partial charge in [0, 0.05) is 38.3 Å². The number of carbonyl (C=O) groups is 1. The number of carboxylic acid groups (broad SMARTS) is 1. The first-order chi connectivity index (χ1) is 7.90. The Bertz CT molecular complexity index is 258. The number of nitrogens with zero attached hydrogens (tertiary/aromatic N) is 3. The fourth-order valence-electron chi connectivity index (χ4n) is 2.56. The number of rotatable bonds is 5. The van der Waals surface area contributed by atoms with E-state index < -0.39 is 5.97 Å². The highest BCUT2D eigenvalue weighted by Gasteiger charge is 2.31. The van der Waals surface area contributed by atoms with E-state index in [9.17, 15) is 4.79 Å². The Hall–Kier alpha value is -0.650. The molecule has 0 amide bonds. The van der Waals surface area contributed by atoms with Gasteiger partial charge in [0.05, 0.1) is 6.42 Å². The summed E-state index contributed by atoms with van der Waals surface area (Å²) in [5.41, 5.74) is 0. The van der Waals surface area contributed by atoms with Gasteiger partial charge in [0.15, 0.2) is 0 Å². The monoisotopic (exact) mass is 243 g/mol. The zero-order valence-electron chi connectivity index (χ0n) is 11.4. The molecular formula is C12H25N3O2. The average molecular weight is 243 g/mol. The van der Waals surface area contributed by atoms with E-state index in [1.54, 1.807) is 0 Å². The lowest BCUT2D eigenvalue weighted by atomic mass is 10.0. The molecule has 1 saturated heterocycles. The van der Waals surface area contributed by atoms with Gasteiger partial charge in [-0.15, -0.1) is 0 Å². The molecule has 0 bridgehead atoms. The van der Waals surface area contributed by atoms with E-state index in [1.165, 1.54) is 0 Å². The molecule has 0 aliphatic carbocycles. The minimum absolute atomic E-state index is 0.140. The molecule has 100 valence electrons. The number of likely N-dealkylation sites (N-methyl/N-ethyl adjacent to an activating group) is 2. The Morgan fingerprint density at radius 3 is 2.59 bits per heavy atom. The normalized spacial score (nSPS) is 27.6. The van der Waals surface area contributed by atoms with Gasteiger partial charge in [-0.1, -0.05) is 0 Å². The summed E-state index contributed by atoms with van der Waals surface area (Å²) in [6.45, 7) is 5.97. The van der Waals surface area contributed by atoms with Gasteiger partial charge in [0.1, 0.15) is 0 Å². The number of aliphatic carboxylic acids is 1. The number of hydrogen-bond donors (Lipinski definition) is 1. The predicted molar refractivity (Wildman–Crippen MR) is 68.3 cm³/mol. The van der Waals surface area contributed by atoms with Crippen molar-refractivity contribution in [2.75, 3.05) is 47.3 Å². The van der Waals surface area contributed by atoms with Crippen molar-refractivity contribution in [3.63, 3.8) is 0 Å². The second kappa shape index (κ2) is 6.33. The minimum Gasteiger partial charge on any atom is -0.481 e. The lowest BCUT2D eigenvalue weighted by molar-refractivity contribution is -0.139. The van der Waals surface area contributed by atoms with E-state index in [0.29, 0.717) is 6.04 Å². The highest BCUT2D eigenvalue weighted by Crippen LogP contribution is 2.17. The molecule has 1 heterocycles. The number of piperazine rings is 1. The third kappa shape index (κ3) is 4.61. The van der Waals surface area contributed by atoms with E-state index in [1.807, 2.05) is 14.1 Å². The molecule has 1 fully saturated rings. The van der Waals surface area contributed by atoms with Gasteiger partial charge in [0.25, 0.3) is 0 Å². The molecule has 0 aromatic rings. The molecule has 0 aromatic heterocycles. The largest absolute Gasteiger partial charge is 0.481 e. The first kappa shape index (κ1) is 14.4. The Morgan fingerprint density at radius 1 is 1.41 bits per heavy atom. The molecule has 0 saturated carbocycles. The van der Waals surface area contributed by atoms with Crippen LogP contribution in [0.15, 0.2) is 0 Å². The smallest absolute Gasteiger partial charge is 0.304 e. The Kier molecular flexibility index (Phi) is 5.36. The maximum Gasteiger partial charge on any atom is 0.304 e. The van der Waals surface area contributed by atoms with E-state index in [-0.39, 0.29) is 12.5 Å². The topological polar surface area (TPSA) is 47.0 Å². The van der Waals surface area contributed by atoms with Crippen LogP contribution in [0.2, 0.25) is 0 Å². The minimum atomic E-state index is -0.702. The van der Waals surface area contributed by atoms with Crippen LogP contribution in [0.5, 0.6) is 0 Å². The van der Waals surface area contributed by atoms with Crippen molar-refractivity contribution in [1.29, 1.82) is 0 Å². The van der Waals surface area contributed by atoms with Gasteiger partial charge in [-0.25, -0.2) is 0 Å². The number of hydrogen-bond acceptors (Lipinski definition) is 4. The average Bonchev–Trinajstić information content (AvgIpc) is 2.14. The van der Waals surface area contributed by atoms with Crippen molar-refractivity contribution in [3.05, 3.63) is 0 Å². The van der Waals surface area contributed by atoms with Crippen LogP contribution >= 0.6 is 0 Å². The van der Waals surface area contributed by atoms with Crippen molar-refractivity contribution in [2.24, 2.45) is 0 Å². The molecule has 5 nitrogen and oxygen atoms in total. The molecule has 5 heteroatoms. The molecule has 0 radical (unpaired) electrons. The third-order valence-electron chi connectivity index (χ3n) is 3.35. The summed E-state index contributed by atoms with van der Waals surface area (Å²) < 4.78 is 0. The third-order valence-corrected chi connectivity index (χ3v) is 3.35. The lowest BCUT2D eigenvalue weighted by Gasteiger charge is -2.44. The Labute approximate surface area is 104 Å². The second-order valence-corrected chi connectivity index (χ2v) is 5.36. The zero-order chi connectivity index (χ0) is 13.0. The second-order valence-electron chi connectivity index (χ2n) is 5.36. The van der Waals surface area contributed by atoms with E-state index >= 15 is 0 Å². The van der Waals surface area contributed by atoms with Crippen LogP contribution in [0.3, 0.4) is 0 Å². The summed E-state index contributed by atoms with van der Waals surface area (Å²) in [6, 6.07) is 0.569. The Balaban J connectivity index is 2.61. The predicted octanol–water partition coefficient (Wildman–Crippen LogP) is 0.0272. The Morgan fingerprint density at radius 2 is 2.06 bits per heavy atom. The molecular weight excluding hydrogens is 218 g/mol. The SMILES string of the molecule is CC1CN(C)CC(CC(=O)O)N1CCN(C)C. The van der Waals surface area contributed by atoms with Gasteiger partial charge in [-0.3, -0.25) is 9.69 Å². The van der Waals surface area contributed by atoms with Gasteiger partial charge in [0.2, 0.25) is 0 Å². The van der Waals surface area contributed by atoms with E-state index in [4.69, 9.17) is 5.11 Å². The molecule has 2 atom stereocenters. The van der Waals surface area contributed by atoms with Gasteiger partial charge in [-0.05, 0) is 28.1 Å². The van der Waals surface area contributed by atoms with Crippen molar-refractivity contribution < 1.29 is 9.90 Å².